The third-order valence-corrected chi connectivity index (χ3v) is 5.75. The number of carbonyl (C=O) groups excluding carboxylic acids is 1. The number of benzene rings is 2. The molecule has 4 rings (SSSR count). The predicted octanol–water partition coefficient (Wildman–Crippen LogP) is 3.74. The van der Waals surface area contributed by atoms with E-state index in [1.165, 1.54) is 11.8 Å². The maximum absolute atomic E-state index is 12.9. The molecule has 1 amide bonds. The number of nitrogens with zero attached hydrogens (tertiary/aromatic N) is 1. The van der Waals surface area contributed by atoms with Gasteiger partial charge in [0.15, 0.2) is 11.5 Å². The number of amides is 1. The highest BCUT2D eigenvalue weighted by molar-refractivity contribution is 8.25. The lowest BCUT2D eigenvalue weighted by molar-refractivity contribution is -0.116. The van der Waals surface area contributed by atoms with Crippen molar-refractivity contribution in [3.63, 3.8) is 0 Å². The molecule has 2 heterocycles. The lowest BCUT2D eigenvalue weighted by atomic mass is 10.1. The van der Waals surface area contributed by atoms with E-state index >= 15 is 0 Å². The summed E-state index contributed by atoms with van der Waals surface area (Å²) in [5, 5.41) is -0.212. The van der Waals surface area contributed by atoms with Crippen LogP contribution >= 0.6 is 24.0 Å². The summed E-state index contributed by atoms with van der Waals surface area (Å²) in [4.78, 5) is 14.5. The Kier molecular flexibility index (Phi) is 4.39. The van der Waals surface area contributed by atoms with Gasteiger partial charge in [-0.1, -0.05) is 47.7 Å². The van der Waals surface area contributed by atoms with Crippen molar-refractivity contribution in [3.8, 4) is 11.5 Å². The van der Waals surface area contributed by atoms with Crippen molar-refractivity contribution in [1.29, 1.82) is 0 Å². The van der Waals surface area contributed by atoms with E-state index in [0.717, 1.165) is 28.3 Å². The number of carbonyl (C=O) groups is 1. The summed E-state index contributed by atoms with van der Waals surface area (Å²) >= 11 is 6.90. The van der Waals surface area contributed by atoms with Crippen molar-refractivity contribution in [3.05, 3.63) is 53.6 Å². The van der Waals surface area contributed by atoms with E-state index in [-0.39, 0.29) is 11.2 Å². The Morgan fingerprint density at radius 1 is 1.12 bits per heavy atom. The molecule has 1 unspecified atom stereocenters. The zero-order valence-electron chi connectivity index (χ0n) is 13.7. The van der Waals surface area contributed by atoms with Gasteiger partial charge in [0.25, 0.3) is 0 Å². The van der Waals surface area contributed by atoms with Gasteiger partial charge in [0, 0.05) is 0 Å². The molecule has 4 nitrogen and oxygen atoms in total. The summed E-state index contributed by atoms with van der Waals surface area (Å²) in [6.45, 7) is 3.15. The Balaban J connectivity index is 1.53. The monoisotopic (exact) mass is 371 g/mol. The lowest BCUT2D eigenvalue weighted by Crippen LogP contribution is -2.32. The number of hydrogen-bond donors (Lipinski definition) is 0. The fraction of sp³-hybridized carbons (Fsp3) is 0.263. The zero-order valence-corrected chi connectivity index (χ0v) is 15.4. The molecular formula is C19H17NO3S2. The molecule has 2 aromatic carbocycles. The fourth-order valence-corrected chi connectivity index (χ4v) is 4.51. The number of ether oxygens (including phenoxy) is 2. The molecule has 1 saturated heterocycles. The Bertz CT molecular complexity index is 835. The van der Waals surface area contributed by atoms with Crippen LogP contribution in [0.3, 0.4) is 0 Å². The molecular weight excluding hydrogens is 354 g/mol. The molecule has 1 atom stereocenters. The number of rotatable bonds is 3. The Morgan fingerprint density at radius 3 is 2.60 bits per heavy atom. The van der Waals surface area contributed by atoms with E-state index in [4.69, 9.17) is 21.7 Å². The zero-order chi connectivity index (χ0) is 17.4. The van der Waals surface area contributed by atoms with Crippen molar-refractivity contribution in [2.24, 2.45) is 0 Å². The molecule has 0 spiro atoms. The maximum Gasteiger partial charge on any atom is 0.246 e. The molecule has 2 aliphatic rings. The SMILES string of the molecule is Cc1ccc(N2C(=O)C(Cc3ccc4c(c3)OCCO4)SC2=S)cc1. The van der Waals surface area contributed by atoms with Crippen LogP contribution in [-0.4, -0.2) is 28.7 Å². The Hall–Kier alpha value is -2.05. The van der Waals surface area contributed by atoms with Gasteiger partial charge in [0.1, 0.15) is 17.5 Å². The second-order valence-corrected chi connectivity index (χ2v) is 7.90. The van der Waals surface area contributed by atoms with Gasteiger partial charge >= 0.3 is 0 Å². The largest absolute Gasteiger partial charge is 0.486 e. The summed E-state index contributed by atoms with van der Waals surface area (Å²) in [6, 6.07) is 13.7. The highest BCUT2D eigenvalue weighted by Gasteiger charge is 2.37. The molecule has 0 aromatic heterocycles. The molecule has 25 heavy (non-hydrogen) atoms. The third-order valence-electron chi connectivity index (χ3n) is 4.24. The summed E-state index contributed by atoms with van der Waals surface area (Å²) in [6.07, 6.45) is 0.614. The Morgan fingerprint density at radius 2 is 1.84 bits per heavy atom. The standard InChI is InChI=1S/C19H17NO3S2/c1-12-2-5-14(6-3-12)20-18(21)17(25-19(20)24)11-13-4-7-15-16(10-13)23-9-8-22-15/h2-7,10,17H,8-9,11H2,1H3. The molecule has 128 valence electrons. The fourth-order valence-electron chi connectivity index (χ4n) is 2.94. The number of hydrogen-bond acceptors (Lipinski definition) is 5. The van der Waals surface area contributed by atoms with Crippen molar-refractivity contribution in [2.75, 3.05) is 18.1 Å². The second-order valence-electron chi connectivity index (χ2n) is 6.06. The van der Waals surface area contributed by atoms with Crippen LogP contribution in [0.1, 0.15) is 11.1 Å². The maximum atomic E-state index is 12.9. The molecule has 2 aliphatic heterocycles. The van der Waals surface area contributed by atoms with Crippen molar-refractivity contribution >= 4 is 39.9 Å². The molecule has 0 N–H and O–H groups in total. The van der Waals surface area contributed by atoms with Crippen LogP contribution in [0.2, 0.25) is 0 Å². The van der Waals surface area contributed by atoms with E-state index < -0.39 is 0 Å². The highest BCUT2D eigenvalue weighted by Crippen LogP contribution is 2.36. The summed E-state index contributed by atoms with van der Waals surface area (Å²) in [5.41, 5.74) is 3.03. The number of aryl methyl sites for hydroxylation is 1. The Labute approximate surface area is 156 Å². The van der Waals surface area contributed by atoms with Crippen LogP contribution in [0.5, 0.6) is 11.5 Å². The summed E-state index contributed by atoms with van der Waals surface area (Å²) in [7, 11) is 0. The average Bonchev–Trinajstić information content (AvgIpc) is 2.89. The first kappa shape index (κ1) is 16.4. The van der Waals surface area contributed by atoms with Crippen LogP contribution in [-0.2, 0) is 11.2 Å². The molecule has 2 aromatic rings. The van der Waals surface area contributed by atoms with Crippen LogP contribution in [0.25, 0.3) is 0 Å². The van der Waals surface area contributed by atoms with E-state index in [2.05, 4.69) is 0 Å². The minimum absolute atomic E-state index is 0.0359. The highest BCUT2D eigenvalue weighted by atomic mass is 32.2. The predicted molar refractivity (Wildman–Crippen MR) is 104 cm³/mol. The second kappa shape index (κ2) is 6.69. The first-order valence-corrected chi connectivity index (χ1v) is 9.40. The van der Waals surface area contributed by atoms with Gasteiger partial charge in [-0.25, -0.2) is 0 Å². The van der Waals surface area contributed by atoms with Gasteiger partial charge < -0.3 is 9.47 Å². The van der Waals surface area contributed by atoms with Gasteiger partial charge in [0.2, 0.25) is 5.91 Å². The average molecular weight is 371 g/mol. The first-order valence-electron chi connectivity index (χ1n) is 8.11. The number of thioether (sulfide) groups is 1. The quantitative estimate of drug-likeness (QED) is 0.769. The molecule has 0 saturated carbocycles. The van der Waals surface area contributed by atoms with Crippen LogP contribution in [0.15, 0.2) is 42.5 Å². The lowest BCUT2D eigenvalue weighted by Gasteiger charge is -2.19. The van der Waals surface area contributed by atoms with Crippen molar-refractivity contribution in [2.45, 2.75) is 18.6 Å². The van der Waals surface area contributed by atoms with E-state index in [0.29, 0.717) is 24.0 Å². The molecule has 0 radical (unpaired) electrons. The first-order chi connectivity index (χ1) is 12.1. The van der Waals surface area contributed by atoms with E-state index in [1.807, 2.05) is 49.4 Å². The third kappa shape index (κ3) is 3.24. The molecule has 0 bridgehead atoms. The normalized spacial score (nSPS) is 19.4. The number of anilines is 1. The summed E-state index contributed by atoms with van der Waals surface area (Å²) in [5.74, 6) is 1.54. The van der Waals surface area contributed by atoms with Gasteiger partial charge in [0.05, 0.1) is 10.9 Å². The van der Waals surface area contributed by atoms with Gasteiger partial charge in [-0.2, -0.15) is 0 Å². The summed E-state index contributed by atoms with van der Waals surface area (Å²) < 4.78 is 11.8. The molecule has 1 fully saturated rings. The van der Waals surface area contributed by atoms with E-state index in [1.54, 1.807) is 4.90 Å². The smallest absolute Gasteiger partial charge is 0.246 e. The topological polar surface area (TPSA) is 38.8 Å². The van der Waals surface area contributed by atoms with Crippen LogP contribution in [0.4, 0.5) is 5.69 Å². The van der Waals surface area contributed by atoms with Gasteiger partial charge in [-0.05, 0) is 43.2 Å². The van der Waals surface area contributed by atoms with Crippen molar-refractivity contribution < 1.29 is 14.3 Å². The van der Waals surface area contributed by atoms with Gasteiger partial charge in [-0.3, -0.25) is 9.69 Å². The van der Waals surface area contributed by atoms with Gasteiger partial charge in [-0.15, -0.1) is 0 Å². The molecule has 6 heteroatoms. The molecule has 0 aliphatic carbocycles. The van der Waals surface area contributed by atoms with Crippen molar-refractivity contribution in [1.82, 2.24) is 0 Å². The minimum Gasteiger partial charge on any atom is -0.486 e. The van der Waals surface area contributed by atoms with Crippen LogP contribution in [0, 0.1) is 6.92 Å². The van der Waals surface area contributed by atoms with E-state index in [9.17, 15) is 4.79 Å². The number of fused-ring (bicyclic) bond motifs is 1. The minimum atomic E-state index is -0.212. The van der Waals surface area contributed by atoms with Crippen LogP contribution < -0.4 is 14.4 Å². The number of thiocarbonyl (C=S) groups is 1.